The van der Waals surface area contributed by atoms with Crippen molar-refractivity contribution in [3.8, 4) is 0 Å². The highest BCUT2D eigenvalue weighted by Gasteiger charge is 2.56. The standard InChI is InChI=1S/C29H24N2O2/c1-2-10-20-16-29(15-19(20)9-1,27-30-25-21-11-5-3-7-17(21)13-23(25)32-27)28-31-26-22-12-6-4-8-18(22)14-24(26)33-28/h1-12,23-26H,13-16H2/t23-,24-,25+,26+/m1/s1. The number of ether oxygens (including phenoxy) is 2. The predicted octanol–water partition coefficient (Wildman–Crippen LogP) is 4.96. The van der Waals surface area contributed by atoms with Gasteiger partial charge in [-0.2, -0.15) is 0 Å². The smallest absolute Gasteiger partial charge is 0.201 e. The fourth-order valence-corrected chi connectivity index (χ4v) is 6.67. The second kappa shape index (κ2) is 6.34. The van der Waals surface area contributed by atoms with Crippen molar-refractivity contribution in [3.63, 3.8) is 0 Å². The van der Waals surface area contributed by atoms with E-state index in [-0.39, 0.29) is 24.3 Å². The van der Waals surface area contributed by atoms with Crippen LogP contribution >= 0.6 is 0 Å². The first-order chi connectivity index (χ1) is 16.3. The van der Waals surface area contributed by atoms with E-state index in [9.17, 15) is 0 Å². The van der Waals surface area contributed by atoms with Gasteiger partial charge in [0.15, 0.2) is 0 Å². The molecule has 3 aromatic carbocycles. The van der Waals surface area contributed by atoms with Crippen LogP contribution in [-0.4, -0.2) is 24.0 Å². The summed E-state index contributed by atoms with van der Waals surface area (Å²) in [7, 11) is 0. The number of hydrogen-bond donors (Lipinski definition) is 0. The molecule has 3 aromatic rings. The first kappa shape index (κ1) is 18.1. The minimum absolute atomic E-state index is 0.0824. The summed E-state index contributed by atoms with van der Waals surface area (Å²) in [5.41, 5.74) is 7.60. The van der Waals surface area contributed by atoms with Gasteiger partial charge in [-0.25, -0.2) is 9.98 Å². The van der Waals surface area contributed by atoms with Crippen LogP contribution in [0.25, 0.3) is 0 Å². The zero-order valence-electron chi connectivity index (χ0n) is 18.3. The average Bonchev–Trinajstić information content (AvgIpc) is 3.62. The molecule has 0 N–H and O–H groups in total. The Kier molecular flexibility index (Phi) is 3.47. The third-order valence-electron chi connectivity index (χ3n) is 8.25. The van der Waals surface area contributed by atoms with Crippen molar-refractivity contribution in [2.75, 3.05) is 0 Å². The maximum Gasteiger partial charge on any atom is 0.201 e. The first-order valence-electron chi connectivity index (χ1n) is 12.0. The van der Waals surface area contributed by atoms with Gasteiger partial charge in [-0.1, -0.05) is 72.8 Å². The van der Waals surface area contributed by atoms with Crippen LogP contribution in [0.3, 0.4) is 0 Å². The normalized spacial score (nSPS) is 29.2. The van der Waals surface area contributed by atoms with Crippen LogP contribution in [0.1, 0.15) is 45.5 Å². The van der Waals surface area contributed by atoms with E-state index in [4.69, 9.17) is 19.5 Å². The SMILES string of the molecule is c1ccc2c(c1)CC(C1=N[C@H]3c4ccccc4C[C@H]3O1)(C1=N[C@H]3c4ccccc4C[C@H]3O1)C2. The maximum atomic E-state index is 6.68. The summed E-state index contributed by atoms with van der Waals surface area (Å²) in [6.45, 7) is 0. The number of nitrogens with zero attached hydrogens (tertiary/aromatic N) is 2. The lowest BCUT2D eigenvalue weighted by atomic mass is 9.83. The molecule has 4 nitrogen and oxygen atoms in total. The van der Waals surface area contributed by atoms with Crippen LogP contribution in [0.2, 0.25) is 0 Å². The van der Waals surface area contributed by atoms with Gasteiger partial charge in [0.2, 0.25) is 11.8 Å². The van der Waals surface area contributed by atoms with Crippen molar-refractivity contribution in [2.24, 2.45) is 15.4 Å². The van der Waals surface area contributed by atoms with E-state index < -0.39 is 5.41 Å². The Labute approximate surface area is 193 Å². The molecule has 0 unspecified atom stereocenters. The van der Waals surface area contributed by atoms with Crippen molar-refractivity contribution in [1.82, 2.24) is 0 Å². The van der Waals surface area contributed by atoms with E-state index in [1.54, 1.807) is 0 Å². The molecule has 162 valence electrons. The lowest BCUT2D eigenvalue weighted by molar-refractivity contribution is 0.164. The average molecular weight is 433 g/mol. The van der Waals surface area contributed by atoms with Crippen LogP contribution in [0, 0.1) is 5.41 Å². The lowest BCUT2D eigenvalue weighted by Gasteiger charge is -2.29. The summed E-state index contributed by atoms with van der Waals surface area (Å²) < 4.78 is 13.4. The van der Waals surface area contributed by atoms with Gasteiger partial charge in [0.25, 0.3) is 0 Å². The minimum atomic E-state index is -0.442. The van der Waals surface area contributed by atoms with Crippen LogP contribution in [0.15, 0.2) is 82.8 Å². The van der Waals surface area contributed by atoms with E-state index in [0.717, 1.165) is 37.5 Å². The molecule has 5 aliphatic rings. The topological polar surface area (TPSA) is 43.2 Å². The molecule has 0 spiro atoms. The van der Waals surface area contributed by atoms with Crippen molar-refractivity contribution in [2.45, 2.75) is 50.0 Å². The van der Waals surface area contributed by atoms with Crippen LogP contribution in [0.4, 0.5) is 0 Å². The molecule has 0 saturated carbocycles. The fraction of sp³-hybridized carbons (Fsp3) is 0.310. The molecule has 3 aliphatic carbocycles. The number of hydrogen-bond acceptors (Lipinski definition) is 4. The summed E-state index contributed by atoms with van der Waals surface area (Å²) >= 11 is 0. The summed E-state index contributed by atoms with van der Waals surface area (Å²) in [4.78, 5) is 10.5. The van der Waals surface area contributed by atoms with Crippen LogP contribution in [0.5, 0.6) is 0 Å². The number of rotatable bonds is 2. The van der Waals surface area contributed by atoms with Gasteiger partial charge in [-0.05, 0) is 46.2 Å². The molecule has 2 aliphatic heterocycles. The summed E-state index contributed by atoms with van der Waals surface area (Å²) in [5.74, 6) is 1.66. The molecule has 4 atom stereocenters. The highest BCUT2D eigenvalue weighted by Crippen LogP contribution is 2.51. The van der Waals surface area contributed by atoms with Crippen molar-refractivity contribution >= 4 is 11.8 Å². The van der Waals surface area contributed by atoms with Gasteiger partial charge in [0, 0.05) is 12.8 Å². The predicted molar refractivity (Wildman–Crippen MR) is 127 cm³/mol. The summed E-state index contributed by atoms with van der Waals surface area (Å²) in [5, 5.41) is 0. The van der Waals surface area contributed by atoms with Crippen LogP contribution < -0.4 is 0 Å². The monoisotopic (exact) mass is 432 g/mol. The molecule has 0 saturated heterocycles. The van der Waals surface area contributed by atoms with Gasteiger partial charge in [0.05, 0.1) is 0 Å². The Balaban J connectivity index is 1.24. The molecule has 0 bridgehead atoms. The van der Waals surface area contributed by atoms with Gasteiger partial charge in [-0.15, -0.1) is 0 Å². The highest BCUT2D eigenvalue weighted by atomic mass is 16.5. The van der Waals surface area contributed by atoms with Gasteiger partial charge < -0.3 is 9.47 Å². The largest absolute Gasteiger partial charge is 0.474 e. The molecular weight excluding hydrogens is 408 g/mol. The Morgan fingerprint density at radius 1 is 0.576 bits per heavy atom. The molecule has 0 fully saturated rings. The van der Waals surface area contributed by atoms with E-state index >= 15 is 0 Å². The van der Waals surface area contributed by atoms with E-state index in [1.165, 1.54) is 33.4 Å². The second-order valence-electron chi connectivity index (χ2n) is 10.1. The lowest BCUT2D eigenvalue weighted by Crippen LogP contribution is -2.42. The third kappa shape index (κ3) is 2.41. The number of aliphatic imine (C=N–C) groups is 2. The molecule has 8 rings (SSSR count). The Morgan fingerprint density at radius 3 is 1.48 bits per heavy atom. The van der Waals surface area contributed by atoms with Gasteiger partial charge in [-0.3, -0.25) is 0 Å². The molecule has 4 heteroatoms. The zero-order chi connectivity index (χ0) is 21.6. The zero-order valence-corrected chi connectivity index (χ0v) is 18.3. The summed E-state index contributed by atoms with van der Waals surface area (Å²) in [6.07, 6.45) is 3.68. The summed E-state index contributed by atoms with van der Waals surface area (Å²) in [6, 6.07) is 26.1. The van der Waals surface area contributed by atoms with Crippen LogP contribution in [-0.2, 0) is 35.2 Å². The van der Waals surface area contributed by atoms with E-state index in [1.807, 2.05) is 0 Å². The molecule has 33 heavy (non-hydrogen) atoms. The number of fused-ring (bicyclic) bond motifs is 7. The first-order valence-corrected chi connectivity index (χ1v) is 12.0. The van der Waals surface area contributed by atoms with E-state index in [2.05, 4.69) is 72.8 Å². The Morgan fingerprint density at radius 2 is 1.00 bits per heavy atom. The van der Waals surface area contributed by atoms with Crippen molar-refractivity contribution < 1.29 is 9.47 Å². The fourth-order valence-electron chi connectivity index (χ4n) is 6.67. The van der Waals surface area contributed by atoms with E-state index in [0.29, 0.717) is 0 Å². The second-order valence-corrected chi connectivity index (χ2v) is 10.1. The number of benzene rings is 3. The quantitative estimate of drug-likeness (QED) is 0.574. The Hall–Kier alpha value is -3.40. The van der Waals surface area contributed by atoms with Gasteiger partial charge >= 0.3 is 0 Å². The van der Waals surface area contributed by atoms with Crippen molar-refractivity contribution in [3.05, 3.63) is 106 Å². The van der Waals surface area contributed by atoms with Gasteiger partial charge in [0.1, 0.15) is 29.7 Å². The Bertz CT molecular complexity index is 1270. The van der Waals surface area contributed by atoms with Crippen molar-refractivity contribution in [1.29, 1.82) is 0 Å². The highest BCUT2D eigenvalue weighted by molar-refractivity contribution is 6.08. The molecule has 0 aromatic heterocycles. The molecule has 0 amide bonds. The maximum absolute atomic E-state index is 6.68. The minimum Gasteiger partial charge on any atom is -0.474 e. The molecular formula is C29H24N2O2. The third-order valence-corrected chi connectivity index (χ3v) is 8.25. The molecule has 2 heterocycles. The molecule has 0 radical (unpaired) electrons.